The van der Waals surface area contributed by atoms with Gasteiger partial charge in [0.05, 0.1) is 29.2 Å². The van der Waals surface area contributed by atoms with Crippen molar-refractivity contribution in [2.24, 2.45) is 0 Å². The number of hydrogen-bond donors (Lipinski definition) is 2. The highest BCUT2D eigenvalue weighted by atomic mass is 16.5. The maximum Gasteiger partial charge on any atom is 0.163 e. The van der Waals surface area contributed by atoms with Gasteiger partial charge in [-0.3, -0.25) is 9.78 Å². The van der Waals surface area contributed by atoms with E-state index in [2.05, 4.69) is 27.8 Å². The van der Waals surface area contributed by atoms with Crippen molar-refractivity contribution >= 4 is 17.2 Å². The average molecular weight is 426 g/mol. The number of ether oxygens (including phenoxy) is 1. The fourth-order valence-corrected chi connectivity index (χ4v) is 4.59. The number of pyridine rings is 1. The topological polar surface area (TPSA) is 63.2 Å². The molecule has 5 rings (SSSR count). The molecule has 3 aromatic rings. The molecule has 5 heteroatoms. The number of benzene rings is 2. The number of ketones is 1. The van der Waals surface area contributed by atoms with E-state index in [0.29, 0.717) is 6.42 Å². The van der Waals surface area contributed by atoms with Crippen LogP contribution in [0.1, 0.15) is 49.9 Å². The highest BCUT2D eigenvalue weighted by Crippen LogP contribution is 2.43. The third kappa shape index (κ3) is 3.98. The monoisotopic (exact) mass is 425 g/mol. The number of rotatable bonds is 4. The van der Waals surface area contributed by atoms with Crippen LogP contribution in [0.3, 0.4) is 0 Å². The molecule has 0 fully saturated rings. The molecular formula is C27H27N3O2. The summed E-state index contributed by atoms with van der Waals surface area (Å²) in [5, 5.41) is 7.14. The first-order valence-electron chi connectivity index (χ1n) is 11.1. The number of para-hydroxylation sites is 2. The predicted molar refractivity (Wildman–Crippen MR) is 127 cm³/mol. The lowest BCUT2D eigenvalue weighted by Gasteiger charge is -2.29. The largest absolute Gasteiger partial charge is 0.491 e. The number of Topliss-reactive ketones (excluding diaryl/α,β-unsaturated/α-hetero) is 1. The molecule has 2 N–H and O–H groups in total. The number of anilines is 2. The van der Waals surface area contributed by atoms with Crippen molar-refractivity contribution in [3.8, 4) is 5.75 Å². The van der Waals surface area contributed by atoms with Crippen molar-refractivity contribution in [2.45, 2.75) is 44.8 Å². The van der Waals surface area contributed by atoms with E-state index in [1.807, 2.05) is 68.4 Å². The van der Waals surface area contributed by atoms with Gasteiger partial charge in [-0.15, -0.1) is 0 Å². The lowest BCUT2D eigenvalue weighted by molar-refractivity contribution is -0.116. The van der Waals surface area contributed by atoms with Gasteiger partial charge in [-0.2, -0.15) is 0 Å². The maximum absolute atomic E-state index is 13.5. The van der Waals surface area contributed by atoms with Crippen LogP contribution < -0.4 is 15.4 Å². The standard InChI is InChI=1S/C27H27N3O2/c1-17(2)32-20-12-10-18(11-13-20)19-15-24-26(25(31)16-19)27(23-9-5-6-14-28-23)30-22-8-4-3-7-21(22)29-24/h3-14,17,19,27,29-30H,15-16H2,1-2H3/t19-,27-/m0/s1. The zero-order valence-corrected chi connectivity index (χ0v) is 18.3. The molecule has 2 aliphatic rings. The van der Waals surface area contributed by atoms with Crippen LogP contribution in [0.2, 0.25) is 0 Å². The molecule has 1 aliphatic carbocycles. The number of aromatic nitrogens is 1. The molecule has 162 valence electrons. The molecule has 0 amide bonds. The van der Waals surface area contributed by atoms with Crippen LogP contribution in [-0.4, -0.2) is 16.9 Å². The number of carbonyl (C=O) groups excluding carboxylic acids is 1. The van der Waals surface area contributed by atoms with Crippen molar-refractivity contribution < 1.29 is 9.53 Å². The molecular weight excluding hydrogens is 398 g/mol. The molecule has 1 aliphatic heterocycles. The molecule has 0 bridgehead atoms. The number of allylic oxidation sites excluding steroid dienone is 1. The summed E-state index contributed by atoms with van der Waals surface area (Å²) in [6.45, 7) is 4.03. The van der Waals surface area contributed by atoms with Gasteiger partial charge in [0.25, 0.3) is 0 Å². The summed E-state index contributed by atoms with van der Waals surface area (Å²) >= 11 is 0. The maximum atomic E-state index is 13.5. The Balaban J connectivity index is 1.51. The van der Waals surface area contributed by atoms with Crippen molar-refractivity contribution in [3.05, 3.63) is 95.5 Å². The van der Waals surface area contributed by atoms with Crippen LogP contribution in [0.15, 0.2) is 84.2 Å². The summed E-state index contributed by atoms with van der Waals surface area (Å²) in [6.07, 6.45) is 3.16. The van der Waals surface area contributed by atoms with E-state index in [1.54, 1.807) is 6.20 Å². The summed E-state index contributed by atoms with van der Waals surface area (Å²) in [5.41, 5.74) is 5.71. The van der Waals surface area contributed by atoms with E-state index in [-0.39, 0.29) is 23.8 Å². The van der Waals surface area contributed by atoms with Gasteiger partial charge < -0.3 is 15.4 Å². The number of nitrogens with one attached hydrogen (secondary N) is 2. The number of hydrogen-bond acceptors (Lipinski definition) is 5. The summed E-state index contributed by atoms with van der Waals surface area (Å²) in [5.74, 6) is 1.13. The van der Waals surface area contributed by atoms with E-state index < -0.39 is 0 Å². The Morgan fingerprint density at radius 2 is 1.69 bits per heavy atom. The van der Waals surface area contributed by atoms with Crippen molar-refractivity contribution in [3.63, 3.8) is 0 Å². The second-order valence-corrected chi connectivity index (χ2v) is 8.66. The Morgan fingerprint density at radius 3 is 2.41 bits per heavy atom. The third-order valence-electron chi connectivity index (χ3n) is 6.02. The first-order chi connectivity index (χ1) is 15.6. The zero-order valence-electron chi connectivity index (χ0n) is 18.3. The highest BCUT2D eigenvalue weighted by Gasteiger charge is 2.36. The average Bonchev–Trinajstić information content (AvgIpc) is 2.96. The quantitative estimate of drug-likeness (QED) is 0.549. The number of carbonyl (C=O) groups is 1. The van der Waals surface area contributed by atoms with E-state index in [9.17, 15) is 4.79 Å². The van der Waals surface area contributed by atoms with Gasteiger partial charge in [0.2, 0.25) is 0 Å². The molecule has 0 saturated carbocycles. The molecule has 2 aromatic carbocycles. The first-order valence-corrected chi connectivity index (χ1v) is 11.1. The highest BCUT2D eigenvalue weighted by molar-refractivity contribution is 6.01. The number of nitrogens with zero attached hydrogens (tertiary/aromatic N) is 1. The summed E-state index contributed by atoms with van der Waals surface area (Å²) in [6, 6.07) is 21.8. The molecule has 0 spiro atoms. The second-order valence-electron chi connectivity index (χ2n) is 8.66. The van der Waals surface area contributed by atoms with Crippen LogP contribution in [0.4, 0.5) is 11.4 Å². The van der Waals surface area contributed by atoms with Gasteiger partial charge in [0.15, 0.2) is 5.78 Å². The molecule has 1 aromatic heterocycles. The minimum atomic E-state index is -0.280. The normalized spacial score (nSPS) is 20.0. The van der Waals surface area contributed by atoms with E-state index in [1.165, 1.54) is 0 Å². The molecule has 32 heavy (non-hydrogen) atoms. The van der Waals surface area contributed by atoms with E-state index >= 15 is 0 Å². The van der Waals surface area contributed by atoms with Gasteiger partial charge in [-0.25, -0.2) is 0 Å². The van der Waals surface area contributed by atoms with Gasteiger partial charge in [0.1, 0.15) is 5.75 Å². The molecule has 5 nitrogen and oxygen atoms in total. The van der Waals surface area contributed by atoms with Gasteiger partial charge in [-0.05, 0) is 68.1 Å². The molecule has 2 atom stereocenters. The van der Waals surface area contributed by atoms with Crippen LogP contribution >= 0.6 is 0 Å². The Labute approximate surface area is 188 Å². The summed E-state index contributed by atoms with van der Waals surface area (Å²) in [7, 11) is 0. The van der Waals surface area contributed by atoms with Gasteiger partial charge >= 0.3 is 0 Å². The minimum Gasteiger partial charge on any atom is -0.491 e. The number of fused-ring (bicyclic) bond motifs is 1. The fraction of sp³-hybridized carbons (Fsp3) is 0.259. The predicted octanol–water partition coefficient (Wildman–Crippen LogP) is 5.85. The molecule has 2 heterocycles. The van der Waals surface area contributed by atoms with Crippen molar-refractivity contribution in [2.75, 3.05) is 10.6 Å². The van der Waals surface area contributed by atoms with Gasteiger partial charge in [0, 0.05) is 23.9 Å². The third-order valence-corrected chi connectivity index (χ3v) is 6.02. The van der Waals surface area contributed by atoms with Crippen molar-refractivity contribution in [1.29, 1.82) is 0 Å². The fourth-order valence-electron chi connectivity index (χ4n) is 4.59. The molecule has 0 radical (unpaired) electrons. The van der Waals surface area contributed by atoms with Crippen LogP contribution in [0, 0.1) is 0 Å². The second kappa shape index (κ2) is 8.50. The molecule has 0 unspecified atom stereocenters. The Bertz CT molecular complexity index is 1150. The lowest BCUT2D eigenvalue weighted by atomic mass is 9.79. The Hall–Kier alpha value is -3.60. The zero-order chi connectivity index (χ0) is 22.1. The van der Waals surface area contributed by atoms with Crippen LogP contribution in [-0.2, 0) is 4.79 Å². The Morgan fingerprint density at radius 1 is 0.938 bits per heavy atom. The summed E-state index contributed by atoms with van der Waals surface area (Å²) in [4.78, 5) is 18.1. The van der Waals surface area contributed by atoms with Gasteiger partial charge in [-0.1, -0.05) is 30.3 Å². The molecule has 0 saturated heterocycles. The SMILES string of the molecule is CC(C)Oc1ccc([C@@H]2CC(=O)C3=C(C2)Nc2ccccc2N[C@H]3c2ccccn2)cc1. The first kappa shape index (κ1) is 20.3. The Kier molecular flexibility index (Phi) is 5.39. The van der Waals surface area contributed by atoms with Crippen molar-refractivity contribution in [1.82, 2.24) is 4.98 Å². The van der Waals surface area contributed by atoms with E-state index in [4.69, 9.17) is 4.74 Å². The lowest BCUT2D eigenvalue weighted by Crippen LogP contribution is -2.27. The summed E-state index contributed by atoms with van der Waals surface area (Å²) < 4.78 is 5.78. The smallest absolute Gasteiger partial charge is 0.163 e. The van der Waals surface area contributed by atoms with E-state index in [0.717, 1.165) is 46.1 Å². The van der Waals surface area contributed by atoms with Crippen LogP contribution in [0.5, 0.6) is 5.75 Å². The van der Waals surface area contributed by atoms with Crippen LogP contribution in [0.25, 0.3) is 0 Å². The minimum absolute atomic E-state index is 0.122.